The monoisotopic (exact) mass is 306 g/mol. The van der Waals surface area contributed by atoms with E-state index in [0.717, 1.165) is 32.0 Å². The second-order valence-electron chi connectivity index (χ2n) is 4.59. The standard InChI is InChI=1S/C15H19ClN4O/c1-3-13(18-15-11-17-10-14(16)19-15)5-4-12(2)20-6-8-21-9-7-20/h3-5,10-11H,1,6-9H2,2H3,(H,18,19)/b12-4+,13-5+. The van der Waals surface area contributed by atoms with Gasteiger partial charge in [-0.25, -0.2) is 4.98 Å². The number of nitrogens with one attached hydrogen (secondary N) is 1. The minimum absolute atomic E-state index is 0.350. The molecule has 2 heterocycles. The van der Waals surface area contributed by atoms with Crippen molar-refractivity contribution >= 4 is 17.4 Å². The fourth-order valence-electron chi connectivity index (χ4n) is 1.94. The smallest absolute Gasteiger partial charge is 0.150 e. The number of nitrogens with zero attached hydrogens (tertiary/aromatic N) is 3. The first kappa shape index (κ1) is 15.5. The van der Waals surface area contributed by atoms with Crippen LogP contribution in [0.4, 0.5) is 5.82 Å². The Bertz CT molecular complexity index is 550. The molecule has 0 spiro atoms. The maximum atomic E-state index is 5.81. The van der Waals surface area contributed by atoms with E-state index in [1.54, 1.807) is 12.3 Å². The lowest BCUT2D eigenvalue weighted by Gasteiger charge is -2.29. The van der Waals surface area contributed by atoms with Crippen LogP contribution in [0.2, 0.25) is 5.15 Å². The second-order valence-corrected chi connectivity index (χ2v) is 4.97. The van der Waals surface area contributed by atoms with Crippen LogP contribution in [0.1, 0.15) is 6.92 Å². The minimum Gasteiger partial charge on any atom is -0.378 e. The normalized spacial score (nSPS) is 16.8. The summed E-state index contributed by atoms with van der Waals surface area (Å²) in [6.45, 7) is 9.28. The zero-order chi connectivity index (χ0) is 15.1. The molecule has 21 heavy (non-hydrogen) atoms. The summed E-state index contributed by atoms with van der Waals surface area (Å²) in [5.41, 5.74) is 2.02. The first-order valence-corrected chi connectivity index (χ1v) is 7.15. The third-order valence-electron chi connectivity index (χ3n) is 3.11. The second kappa shape index (κ2) is 7.81. The molecule has 5 nitrogen and oxygen atoms in total. The van der Waals surface area contributed by atoms with Crippen LogP contribution in [0.25, 0.3) is 0 Å². The molecule has 0 amide bonds. The van der Waals surface area contributed by atoms with Gasteiger partial charge in [0.2, 0.25) is 0 Å². The van der Waals surface area contributed by atoms with Crippen LogP contribution < -0.4 is 5.32 Å². The fraction of sp³-hybridized carbons (Fsp3) is 0.333. The molecule has 0 bridgehead atoms. The van der Waals surface area contributed by atoms with Gasteiger partial charge in [0.1, 0.15) is 5.15 Å². The van der Waals surface area contributed by atoms with E-state index in [1.807, 2.05) is 12.2 Å². The third kappa shape index (κ3) is 4.88. The molecule has 6 heteroatoms. The summed E-state index contributed by atoms with van der Waals surface area (Å²) >= 11 is 5.81. The van der Waals surface area contributed by atoms with Gasteiger partial charge >= 0.3 is 0 Å². The fourth-order valence-corrected chi connectivity index (χ4v) is 2.09. The Balaban J connectivity index is 2.04. The van der Waals surface area contributed by atoms with E-state index in [4.69, 9.17) is 16.3 Å². The van der Waals surface area contributed by atoms with Gasteiger partial charge < -0.3 is 15.0 Å². The molecule has 0 saturated carbocycles. The van der Waals surface area contributed by atoms with E-state index in [1.165, 1.54) is 11.9 Å². The highest BCUT2D eigenvalue weighted by Gasteiger charge is 2.09. The van der Waals surface area contributed by atoms with Crippen molar-refractivity contribution in [2.75, 3.05) is 31.6 Å². The Labute approximate surface area is 130 Å². The first-order chi connectivity index (χ1) is 10.2. The Morgan fingerprint density at radius 2 is 2.14 bits per heavy atom. The van der Waals surface area contributed by atoms with Gasteiger partial charge in [-0.1, -0.05) is 18.2 Å². The Morgan fingerprint density at radius 3 is 2.81 bits per heavy atom. The predicted molar refractivity (Wildman–Crippen MR) is 85.1 cm³/mol. The molecule has 0 radical (unpaired) electrons. The molecule has 1 aromatic heterocycles. The molecule has 1 aliphatic rings. The van der Waals surface area contributed by atoms with Crippen molar-refractivity contribution < 1.29 is 4.74 Å². The number of anilines is 1. The third-order valence-corrected chi connectivity index (χ3v) is 3.29. The SMILES string of the molecule is C=C/C(=C\C=C(/C)N1CCOCC1)Nc1cncc(Cl)n1. The molecule has 1 fully saturated rings. The zero-order valence-corrected chi connectivity index (χ0v) is 12.8. The summed E-state index contributed by atoms with van der Waals surface area (Å²) in [5.74, 6) is 0.589. The van der Waals surface area contributed by atoms with E-state index >= 15 is 0 Å². The largest absolute Gasteiger partial charge is 0.378 e. The number of aromatic nitrogens is 2. The molecule has 0 atom stereocenters. The van der Waals surface area contributed by atoms with Gasteiger partial charge in [-0.15, -0.1) is 0 Å². The van der Waals surface area contributed by atoms with Crippen molar-refractivity contribution in [3.63, 3.8) is 0 Å². The average molecular weight is 307 g/mol. The number of allylic oxidation sites excluding steroid dienone is 4. The molecular weight excluding hydrogens is 288 g/mol. The molecule has 1 aliphatic heterocycles. The van der Waals surface area contributed by atoms with Crippen LogP contribution in [0.3, 0.4) is 0 Å². The van der Waals surface area contributed by atoms with E-state index in [0.29, 0.717) is 11.0 Å². The number of ether oxygens (including phenoxy) is 1. The van der Waals surface area contributed by atoms with Crippen molar-refractivity contribution in [3.05, 3.63) is 53.7 Å². The molecule has 0 aliphatic carbocycles. The topological polar surface area (TPSA) is 50.3 Å². The Morgan fingerprint density at radius 1 is 1.38 bits per heavy atom. The van der Waals surface area contributed by atoms with Crippen LogP contribution in [0.5, 0.6) is 0 Å². The summed E-state index contributed by atoms with van der Waals surface area (Å²) in [5, 5.41) is 3.48. The molecule has 112 valence electrons. The van der Waals surface area contributed by atoms with Crippen molar-refractivity contribution in [1.29, 1.82) is 0 Å². The van der Waals surface area contributed by atoms with Gasteiger partial charge in [-0.05, 0) is 25.2 Å². The average Bonchev–Trinajstić information content (AvgIpc) is 2.52. The van der Waals surface area contributed by atoms with Gasteiger partial charge in [0.15, 0.2) is 5.82 Å². The number of halogens is 1. The van der Waals surface area contributed by atoms with E-state index in [-0.39, 0.29) is 0 Å². The van der Waals surface area contributed by atoms with Crippen LogP contribution >= 0.6 is 11.6 Å². The number of hydrogen-bond acceptors (Lipinski definition) is 5. The number of morpholine rings is 1. The lowest BCUT2D eigenvalue weighted by molar-refractivity contribution is 0.0537. The van der Waals surface area contributed by atoms with Gasteiger partial charge in [-0.2, -0.15) is 0 Å². The van der Waals surface area contributed by atoms with Crippen LogP contribution in [-0.4, -0.2) is 41.2 Å². The molecule has 2 rings (SSSR count). The summed E-state index contributed by atoms with van der Waals surface area (Å²) in [6.07, 6.45) is 8.84. The van der Waals surface area contributed by atoms with E-state index < -0.39 is 0 Å². The van der Waals surface area contributed by atoms with Crippen LogP contribution in [-0.2, 0) is 4.74 Å². The van der Waals surface area contributed by atoms with Gasteiger partial charge in [0.05, 0.1) is 25.6 Å². The highest BCUT2D eigenvalue weighted by molar-refractivity contribution is 6.29. The highest BCUT2D eigenvalue weighted by Crippen LogP contribution is 2.11. The summed E-state index contributed by atoms with van der Waals surface area (Å²) < 4.78 is 5.35. The molecule has 1 saturated heterocycles. The first-order valence-electron chi connectivity index (χ1n) is 6.77. The van der Waals surface area contributed by atoms with Crippen LogP contribution in [0.15, 0.2) is 48.6 Å². The summed E-state index contributed by atoms with van der Waals surface area (Å²) in [6, 6.07) is 0. The molecular formula is C15H19ClN4O. The lowest BCUT2D eigenvalue weighted by Crippen LogP contribution is -2.34. The van der Waals surface area contributed by atoms with E-state index in [9.17, 15) is 0 Å². The maximum absolute atomic E-state index is 5.81. The maximum Gasteiger partial charge on any atom is 0.150 e. The van der Waals surface area contributed by atoms with Crippen LogP contribution in [0, 0.1) is 0 Å². The van der Waals surface area contributed by atoms with Crippen molar-refractivity contribution in [3.8, 4) is 0 Å². The molecule has 0 unspecified atom stereocenters. The molecule has 1 N–H and O–H groups in total. The summed E-state index contributed by atoms with van der Waals surface area (Å²) in [7, 11) is 0. The summed E-state index contributed by atoms with van der Waals surface area (Å²) in [4.78, 5) is 10.4. The number of rotatable bonds is 5. The lowest BCUT2D eigenvalue weighted by atomic mass is 10.3. The minimum atomic E-state index is 0.350. The van der Waals surface area contributed by atoms with Gasteiger partial charge in [0.25, 0.3) is 0 Å². The molecule has 1 aromatic rings. The Hall–Kier alpha value is -1.85. The zero-order valence-electron chi connectivity index (χ0n) is 12.1. The predicted octanol–water partition coefficient (Wildman–Crippen LogP) is 2.85. The van der Waals surface area contributed by atoms with Crippen molar-refractivity contribution in [1.82, 2.24) is 14.9 Å². The van der Waals surface area contributed by atoms with Gasteiger partial charge in [0, 0.05) is 24.5 Å². The highest BCUT2D eigenvalue weighted by atomic mass is 35.5. The Kier molecular flexibility index (Phi) is 5.78. The molecule has 0 aromatic carbocycles. The van der Waals surface area contributed by atoms with Crippen molar-refractivity contribution in [2.24, 2.45) is 0 Å². The van der Waals surface area contributed by atoms with Crippen molar-refractivity contribution in [2.45, 2.75) is 6.92 Å². The van der Waals surface area contributed by atoms with Gasteiger partial charge in [-0.3, -0.25) is 4.98 Å². The van der Waals surface area contributed by atoms with E-state index in [2.05, 4.69) is 33.7 Å². The number of hydrogen-bond donors (Lipinski definition) is 1. The quantitative estimate of drug-likeness (QED) is 0.848.